The van der Waals surface area contributed by atoms with Gasteiger partial charge in [-0.25, -0.2) is 4.79 Å². The summed E-state index contributed by atoms with van der Waals surface area (Å²) in [5.74, 6) is 0.611. The van der Waals surface area contributed by atoms with Gasteiger partial charge in [-0.15, -0.1) is 0 Å². The molecule has 0 aliphatic rings. The lowest BCUT2D eigenvalue weighted by molar-refractivity contribution is 0.165. The van der Waals surface area contributed by atoms with Crippen molar-refractivity contribution in [3.8, 4) is 11.4 Å². The third-order valence-electron chi connectivity index (χ3n) is 2.87. The Balaban J connectivity index is 1.95. The number of rotatable bonds is 6. The van der Waals surface area contributed by atoms with E-state index < -0.39 is 0 Å². The predicted molar refractivity (Wildman–Crippen MR) is 83.5 cm³/mol. The average molecular weight is 306 g/mol. The van der Waals surface area contributed by atoms with Crippen molar-refractivity contribution >= 4 is 22.7 Å². The van der Waals surface area contributed by atoms with Gasteiger partial charge >= 0.3 is 6.03 Å². The summed E-state index contributed by atoms with van der Waals surface area (Å²) in [6.07, 6.45) is 0.798. The molecule has 1 aromatic carbocycles. The van der Waals surface area contributed by atoms with Gasteiger partial charge in [-0.3, -0.25) is 5.32 Å². The Kier molecular flexibility index (Phi) is 5.65. The smallest absolute Gasteiger partial charge is 0.321 e. The van der Waals surface area contributed by atoms with Crippen LogP contribution >= 0.6 is 11.5 Å². The van der Waals surface area contributed by atoms with Crippen LogP contribution in [0.4, 0.5) is 9.93 Å². The van der Waals surface area contributed by atoms with Crippen molar-refractivity contribution in [3.05, 3.63) is 30.3 Å². The number of ether oxygens (including phenoxy) is 1. The fourth-order valence-electron chi connectivity index (χ4n) is 1.76. The lowest BCUT2D eigenvalue weighted by atomic mass is 10.2. The molecule has 2 amide bonds. The van der Waals surface area contributed by atoms with E-state index >= 15 is 0 Å². The maximum atomic E-state index is 11.9. The first-order valence-electron chi connectivity index (χ1n) is 6.68. The van der Waals surface area contributed by atoms with E-state index in [0.29, 0.717) is 17.6 Å². The number of methoxy groups -OCH3 is 1. The van der Waals surface area contributed by atoms with Crippen molar-refractivity contribution in [3.63, 3.8) is 0 Å². The Bertz CT molecular complexity index is 573. The van der Waals surface area contributed by atoms with E-state index in [0.717, 1.165) is 23.5 Å². The molecule has 0 saturated carbocycles. The number of hydrogen-bond acceptors (Lipinski definition) is 5. The molecule has 0 unspecified atom stereocenters. The minimum absolute atomic E-state index is 0.0171. The third kappa shape index (κ3) is 4.51. The van der Waals surface area contributed by atoms with Gasteiger partial charge in [0.2, 0.25) is 5.13 Å². The first kappa shape index (κ1) is 15.4. The molecule has 0 radical (unpaired) electrons. The Hall–Kier alpha value is -1.99. The summed E-state index contributed by atoms with van der Waals surface area (Å²) >= 11 is 1.16. The summed E-state index contributed by atoms with van der Waals surface area (Å²) in [5, 5.41) is 5.99. The number of hydrogen-bond donors (Lipinski definition) is 2. The quantitative estimate of drug-likeness (QED) is 0.860. The van der Waals surface area contributed by atoms with E-state index in [1.165, 1.54) is 0 Å². The normalized spacial score (nSPS) is 11.9. The fraction of sp³-hybridized carbons (Fsp3) is 0.357. The molecule has 1 aromatic heterocycles. The number of aromatic nitrogens is 2. The van der Waals surface area contributed by atoms with Gasteiger partial charge < -0.3 is 10.1 Å². The van der Waals surface area contributed by atoms with Crippen LogP contribution in [-0.4, -0.2) is 35.1 Å². The van der Waals surface area contributed by atoms with Crippen LogP contribution in [0.15, 0.2) is 30.3 Å². The van der Waals surface area contributed by atoms with Gasteiger partial charge in [-0.05, 0) is 6.42 Å². The molecule has 6 nitrogen and oxygen atoms in total. The molecule has 0 spiro atoms. The van der Waals surface area contributed by atoms with Crippen molar-refractivity contribution in [1.29, 1.82) is 0 Å². The van der Waals surface area contributed by atoms with Gasteiger partial charge in [0.05, 0.1) is 12.6 Å². The largest absolute Gasteiger partial charge is 0.383 e. The number of nitrogens with zero attached hydrogens (tertiary/aromatic N) is 2. The molecular weight excluding hydrogens is 288 g/mol. The standard InChI is InChI=1S/C14H18N4O2S/c1-3-11(9-20-2)15-13(19)17-14-16-12(18-21-14)10-7-5-4-6-8-10/h4-8,11H,3,9H2,1-2H3,(H2,15,16,17,18,19)/t11-/m1/s1. The molecule has 21 heavy (non-hydrogen) atoms. The van der Waals surface area contributed by atoms with E-state index in [9.17, 15) is 4.79 Å². The van der Waals surface area contributed by atoms with Crippen molar-refractivity contribution < 1.29 is 9.53 Å². The molecule has 112 valence electrons. The summed E-state index contributed by atoms with van der Waals surface area (Å²) in [7, 11) is 1.61. The maximum Gasteiger partial charge on any atom is 0.321 e. The van der Waals surface area contributed by atoms with Crippen LogP contribution in [-0.2, 0) is 4.74 Å². The van der Waals surface area contributed by atoms with Crippen molar-refractivity contribution in [1.82, 2.24) is 14.7 Å². The van der Waals surface area contributed by atoms with Crippen LogP contribution in [0.5, 0.6) is 0 Å². The number of nitrogens with one attached hydrogen (secondary N) is 2. The minimum atomic E-state index is -0.297. The lowest BCUT2D eigenvalue weighted by Crippen LogP contribution is -2.40. The molecule has 0 saturated heterocycles. The molecule has 1 atom stereocenters. The zero-order valence-corrected chi connectivity index (χ0v) is 12.8. The zero-order valence-electron chi connectivity index (χ0n) is 12.0. The van der Waals surface area contributed by atoms with E-state index in [4.69, 9.17) is 4.74 Å². The Labute approximate surface area is 127 Å². The van der Waals surface area contributed by atoms with Gasteiger partial charge in [0, 0.05) is 24.2 Å². The highest BCUT2D eigenvalue weighted by atomic mass is 32.1. The summed E-state index contributed by atoms with van der Waals surface area (Å²) < 4.78 is 9.28. The topological polar surface area (TPSA) is 76.1 Å². The zero-order chi connectivity index (χ0) is 15.1. The van der Waals surface area contributed by atoms with Crippen molar-refractivity contribution in [2.24, 2.45) is 0 Å². The first-order valence-corrected chi connectivity index (χ1v) is 7.45. The van der Waals surface area contributed by atoms with Crippen molar-refractivity contribution in [2.75, 3.05) is 19.0 Å². The fourth-order valence-corrected chi connectivity index (χ4v) is 2.34. The SMILES string of the molecule is CC[C@H](COC)NC(=O)Nc1nc(-c2ccccc2)ns1. The van der Waals surface area contributed by atoms with Crippen LogP contribution in [0.1, 0.15) is 13.3 Å². The molecule has 2 N–H and O–H groups in total. The number of amides is 2. The molecule has 1 heterocycles. The van der Waals surface area contributed by atoms with Crippen LogP contribution < -0.4 is 10.6 Å². The Morgan fingerprint density at radius 2 is 2.14 bits per heavy atom. The van der Waals surface area contributed by atoms with Crippen LogP contribution in [0.2, 0.25) is 0 Å². The van der Waals surface area contributed by atoms with Crippen molar-refractivity contribution in [2.45, 2.75) is 19.4 Å². The van der Waals surface area contributed by atoms with E-state index in [1.807, 2.05) is 37.3 Å². The van der Waals surface area contributed by atoms with Gasteiger partial charge in [0.15, 0.2) is 5.82 Å². The molecule has 0 aliphatic heterocycles. The summed E-state index contributed by atoms with van der Waals surface area (Å²) in [5.41, 5.74) is 0.924. The van der Waals surface area contributed by atoms with Gasteiger partial charge in [0.1, 0.15) is 0 Å². The molecule has 0 aliphatic carbocycles. The molecule has 0 bridgehead atoms. The number of urea groups is 1. The van der Waals surface area contributed by atoms with Gasteiger partial charge in [0.25, 0.3) is 0 Å². The van der Waals surface area contributed by atoms with E-state index in [-0.39, 0.29) is 12.1 Å². The highest BCUT2D eigenvalue weighted by Crippen LogP contribution is 2.20. The van der Waals surface area contributed by atoms with Crippen LogP contribution in [0.3, 0.4) is 0 Å². The van der Waals surface area contributed by atoms with E-state index in [1.54, 1.807) is 7.11 Å². The second kappa shape index (κ2) is 7.70. The first-order chi connectivity index (χ1) is 10.2. The number of carbonyl (C=O) groups excluding carboxylic acids is 1. The Morgan fingerprint density at radius 3 is 2.81 bits per heavy atom. The van der Waals surface area contributed by atoms with Gasteiger partial charge in [-0.2, -0.15) is 9.36 Å². The van der Waals surface area contributed by atoms with Crippen LogP contribution in [0.25, 0.3) is 11.4 Å². The highest BCUT2D eigenvalue weighted by molar-refractivity contribution is 7.10. The van der Waals surface area contributed by atoms with E-state index in [2.05, 4.69) is 20.0 Å². The number of benzene rings is 1. The molecule has 2 rings (SSSR count). The second-order valence-electron chi connectivity index (χ2n) is 4.45. The third-order valence-corrected chi connectivity index (χ3v) is 3.50. The minimum Gasteiger partial charge on any atom is -0.383 e. The summed E-state index contributed by atoms with van der Waals surface area (Å²) in [6, 6.07) is 9.32. The highest BCUT2D eigenvalue weighted by Gasteiger charge is 2.12. The molecule has 7 heteroatoms. The number of carbonyl (C=O) groups is 1. The Morgan fingerprint density at radius 1 is 1.38 bits per heavy atom. The molecule has 0 fully saturated rings. The second-order valence-corrected chi connectivity index (χ2v) is 5.20. The monoisotopic (exact) mass is 306 g/mol. The lowest BCUT2D eigenvalue weighted by Gasteiger charge is -2.15. The average Bonchev–Trinajstić information content (AvgIpc) is 2.96. The summed E-state index contributed by atoms with van der Waals surface area (Å²) in [4.78, 5) is 16.2. The summed E-state index contributed by atoms with van der Waals surface area (Å²) in [6.45, 7) is 2.47. The molecular formula is C14H18N4O2S. The molecule has 2 aromatic rings. The van der Waals surface area contributed by atoms with Gasteiger partial charge in [-0.1, -0.05) is 37.3 Å². The number of anilines is 1. The maximum absolute atomic E-state index is 11.9. The predicted octanol–water partition coefficient (Wildman–Crippen LogP) is 2.75. The van der Waals surface area contributed by atoms with Crippen LogP contribution in [0, 0.1) is 0 Å².